The molecule has 0 unspecified atom stereocenters. The summed E-state index contributed by atoms with van der Waals surface area (Å²) in [4.78, 5) is 3.91. The SMILES string of the molecule is CC(C)=COc1cccnc1. The molecule has 1 aromatic heterocycles. The number of hydrogen-bond acceptors (Lipinski definition) is 2. The van der Waals surface area contributed by atoms with Gasteiger partial charge in [-0.1, -0.05) is 0 Å². The molecule has 0 aliphatic heterocycles. The summed E-state index contributed by atoms with van der Waals surface area (Å²) in [6.07, 6.45) is 5.10. The van der Waals surface area contributed by atoms with Gasteiger partial charge in [-0.05, 0) is 31.6 Å². The van der Waals surface area contributed by atoms with Crippen molar-refractivity contribution in [3.05, 3.63) is 36.4 Å². The van der Waals surface area contributed by atoms with Crippen LogP contribution in [0.5, 0.6) is 5.75 Å². The molecule has 0 fully saturated rings. The van der Waals surface area contributed by atoms with Crippen LogP contribution in [0.3, 0.4) is 0 Å². The van der Waals surface area contributed by atoms with Gasteiger partial charge in [0.15, 0.2) is 0 Å². The normalized spacial score (nSPS) is 8.91. The average Bonchev–Trinajstić information content (AvgIpc) is 2.03. The van der Waals surface area contributed by atoms with E-state index in [-0.39, 0.29) is 0 Å². The molecule has 0 N–H and O–H groups in total. The van der Waals surface area contributed by atoms with Crippen molar-refractivity contribution in [3.63, 3.8) is 0 Å². The molecule has 0 aromatic carbocycles. The number of aromatic nitrogens is 1. The minimum absolute atomic E-state index is 0.772. The van der Waals surface area contributed by atoms with Crippen LogP contribution < -0.4 is 4.74 Å². The van der Waals surface area contributed by atoms with Crippen LogP contribution in [0.1, 0.15) is 13.8 Å². The van der Waals surface area contributed by atoms with E-state index in [0.29, 0.717) is 0 Å². The van der Waals surface area contributed by atoms with E-state index in [4.69, 9.17) is 4.74 Å². The van der Waals surface area contributed by atoms with E-state index in [0.717, 1.165) is 11.3 Å². The maximum atomic E-state index is 5.24. The first-order valence-electron chi connectivity index (χ1n) is 3.49. The van der Waals surface area contributed by atoms with Crippen LogP contribution in [0.4, 0.5) is 0 Å². The molecule has 0 atom stereocenters. The molecule has 0 aliphatic rings. The Hall–Kier alpha value is -1.31. The Morgan fingerprint density at radius 2 is 2.36 bits per heavy atom. The lowest BCUT2D eigenvalue weighted by Crippen LogP contribution is -1.83. The van der Waals surface area contributed by atoms with E-state index in [1.807, 2.05) is 26.0 Å². The van der Waals surface area contributed by atoms with Crippen LogP contribution in [0.15, 0.2) is 36.4 Å². The molecule has 11 heavy (non-hydrogen) atoms. The second-order valence-corrected chi connectivity index (χ2v) is 2.50. The van der Waals surface area contributed by atoms with Crippen molar-refractivity contribution in [2.75, 3.05) is 0 Å². The number of ether oxygens (including phenoxy) is 1. The lowest BCUT2D eigenvalue weighted by atomic mass is 10.4. The fraction of sp³-hybridized carbons (Fsp3) is 0.222. The topological polar surface area (TPSA) is 22.1 Å². The number of pyridine rings is 1. The van der Waals surface area contributed by atoms with Crippen molar-refractivity contribution < 1.29 is 4.74 Å². The highest BCUT2D eigenvalue weighted by Gasteiger charge is 1.86. The van der Waals surface area contributed by atoms with Crippen LogP contribution in [-0.4, -0.2) is 4.98 Å². The van der Waals surface area contributed by atoms with Gasteiger partial charge in [0.25, 0.3) is 0 Å². The van der Waals surface area contributed by atoms with Gasteiger partial charge in [-0.2, -0.15) is 0 Å². The van der Waals surface area contributed by atoms with Gasteiger partial charge in [-0.3, -0.25) is 4.98 Å². The summed E-state index contributed by atoms with van der Waals surface area (Å²) in [5, 5.41) is 0. The highest BCUT2D eigenvalue weighted by Crippen LogP contribution is 2.06. The minimum Gasteiger partial charge on any atom is -0.463 e. The standard InChI is InChI=1S/C9H11NO/c1-8(2)7-11-9-4-3-5-10-6-9/h3-7H,1-2H3. The molecule has 2 heteroatoms. The summed E-state index contributed by atoms with van der Waals surface area (Å²) in [6, 6.07) is 3.71. The smallest absolute Gasteiger partial charge is 0.144 e. The van der Waals surface area contributed by atoms with E-state index >= 15 is 0 Å². The van der Waals surface area contributed by atoms with E-state index in [1.54, 1.807) is 18.7 Å². The first-order chi connectivity index (χ1) is 5.29. The quantitative estimate of drug-likeness (QED) is 0.602. The van der Waals surface area contributed by atoms with Gasteiger partial charge in [-0.15, -0.1) is 0 Å². The molecule has 0 amide bonds. The van der Waals surface area contributed by atoms with Gasteiger partial charge in [-0.25, -0.2) is 0 Å². The minimum atomic E-state index is 0.772. The van der Waals surface area contributed by atoms with E-state index in [9.17, 15) is 0 Å². The Bertz CT molecular complexity index is 237. The maximum absolute atomic E-state index is 5.24. The molecule has 0 saturated carbocycles. The molecular weight excluding hydrogens is 138 g/mol. The fourth-order valence-corrected chi connectivity index (χ4v) is 0.603. The summed E-state index contributed by atoms with van der Waals surface area (Å²) < 4.78 is 5.24. The Kier molecular flexibility index (Phi) is 2.66. The van der Waals surface area contributed by atoms with Crippen molar-refractivity contribution in [3.8, 4) is 5.75 Å². The zero-order valence-corrected chi connectivity index (χ0v) is 6.74. The van der Waals surface area contributed by atoms with Crippen molar-refractivity contribution in [1.29, 1.82) is 0 Å². The summed E-state index contributed by atoms with van der Waals surface area (Å²) >= 11 is 0. The monoisotopic (exact) mass is 149 g/mol. The predicted octanol–water partition coefficient (Wildman–Crippen LogP) is 2.38. The molecule has 0 bridgehead atoms. The Balaban J connectivity index is 2.59. The Morgan fingerprint density at radius 1 is 1.55 bits per heavy atom. The first-order valence-corrected chi connectivity index (χ1v) is 3.49. The van der Waals surface area contributed by atoms with Crippen LogP contribution >= 0.6 is 0 Å². The lowest BCUT2D eigenvalue weighted by molar-refractivity contribution is 0.473. The van der Waals surface area contributed by atoms with E-state index in [2.05, 4.69) is 4.98 Å². The zero-order chi connectivity index (χ0) is 8.10. The summed E-state index contributed by atoms with van der Waals surface area (Å²) in [7, 11) is 0. The first kappa shape index (κ1) is 7.79. The molecular formula is C9H11NO. The molecule has 2 nitrogen and oxygen atoms in total. The van der Waals surface area contributed by atoms with E-state index < -0.39 is 0 Å². The summed E-state index contributed by atoms with van der Waals surface area (Å²) in [5.41, 5.74) is 1.13. The van der Waals surface area contributed by atoms with Crippen molar-refractivity contribution in [2.24, 2.45) is 0 Å². The molecule has 1 heterocycles. The molecule has 0 radical (unpaired) electrons. The molecule has 0 saturated heterocycles. The highest BCUT2D eigenvalue weighted by atomic mass is 16.5. The second-order valence-electron chi connectivity index (χ2n) is 2.50. The van der Waals surface area contributed by atoms with Gasteiger partial charge < -0.3 is 4.74 Å². The van der Waals surface area contributed by atoms with Gasteiger partial charge in [0.1, 0.15) is 5.75 Å². The highest BCUT2D eigenvalue weighted by molar-refractivity contribution is 5.16. The van der Waals surface area contributed by atoms with Gasteiger partial charge in [0.2, 0.25) is 0 Å². The Morgan fingerprint density at radius 3 is 2.91 bits per heavy atom. The van der Waals surface area contributed by atoms with E-state index in [1.165, 1.54) is 0 Å². The van der Waals surface area contributed by atoms with Crippen molar-refractivity contribution in [2.45, 2.75) is 13.8 Å². The summed E-state index contributed by atoms with van der Waals surface area (Å²) in [6.45, 7) is 3.97. The predicted molar refractivity (Wildman–Crippen MR) is 44.3 cm³/mol. The third kappa shape index (κ3) is 2.85. The molecule has 1 aromatic rings. The number of nitrogens with zero attached hydrogens (tertiary/aromatic N) is 1. The maximum Gasteiger partial charge on any atom is 0.144 e. The van der Waals surface area contributed by atoms with Crippen LogP contribution in [-0.2, 0) is 0 Å². The Labute approximate surface area is 66.5 Å². The fourth-order valence-electron chi connectivity index (χ4n) is 0.603. The van der Waals surface area contributed by atoms with Crippen molar-refractivity contribution >= 4 is 0 Å². The van der Waals surface area contributed by atoms with Gasteiger partial charge in [0, 0.05) is 6.20 Å². The number of allylic oxidation sites excluding steroid dienone is 1. The molecule has 0 spiro atoms. The lowest BCUT2D eigenvalue weighted by Gasteiger charge is -1.97. The third-order valence-electron chi connectivity index (χ3n) is 1.07. The summed E-state index contributed by atoms with van der Waals surface area (Å²) in [5.74, 6) is 0.772. The van der Waals surface area contributed by atoms with Gasteiger partial charge >= 0.3 is 0 Å². The van der Waals surface area contributed by atoms with Gasteiger partial charge in [0.05, 0.1) is 12.5 Å². The van der Waals surface area contributed by atoms with Crippen LogP contribution in [0, 0.1) is 0 Å². The molecule has 58 valence electrons. The average molecular weight is 149 g/mol. The second kappa shape index (κ2) is 3.76. The van der Waals surface area contributed by atoms with Crippen LogP contribution in [0.25, 0.3) is 0 Å². The third-order valence-corrected chi connectivity index (χ3v) is 1.07. The number of rotatable bonds is 2. The molecule has 1 rings (SSSR count). The zero-order valence-electron chi connectivity index (χ0n) is 6.74. The van der Waals surface area contributed by atoms with Crippen LogP contribution in [0.2, 0.25) is 0 Å². The largest absolute Gasteiger partial charge is 0.463 e. The molecule has 0 aliphatic carbocycles. The number of hydrogen-bond donors (Lipinski definition) is 0. The van der Waals surface area contributed by atoms with Crippen molar-refractivity contribution in [1.82, 2.24) is 4.98 Å².